The van der Waals surface area contributed by atoms with Crippen molar-refractivity contribution < 1.29 is 9.90 Å². The average Bonchev–Trinajstić information content (AvgIpc) is 2.45. The Morgan fingerprint density at radius 2 is 1.81 bits per heavy atom. The summed E-state index contributed by atoms with van der Waals surface area (Å²) < 4.78 is 0. The van der Waals surface area contributed by atoms with Crippen LogP contribution < -0.4 is 5.43 Å². The standard InChI is InChI=1S/C15H12Cl2N2O2/c16-12-6-11(7-13(17)15(12)21)9-18-19-14(20)8-10-4-2-1-3-5-10/h1-7,9,21H,8H2,(H,19,20)/b18-9-. The van der Waals surface area contributed by atoms with Crippen molar-refractivity contribution in [1.82, 2.24) is 5.43 Å². The van der Waals surface area contributed by atoms with Crippen molar-refractivity contribution in [3.8, 4) is 5.75 Å². The van der Waals surface area contributed by atoms with E-state index in [0.717, 1.165) is 5.56 Å². The first-order valence-electron chi connectivity index (χ1n) is 6.10. The molecule has 6 heteroatoms. The Labute approximate surface area is 132 Å². The van der Waals surface area contributed by atoms with Gasteiger partial charge in [0, 0.05) is 0 Å². The van der Waals surface area contributed by atoms with Crippen LogP contribution in [0, 0.1) is 0 Å². The first kappa shape index (κ1) is 15.4. The summed E-state index contributed by atoms with van der Waals surface area (Å²) in [6.45, 7) is 0. The normalized spacial score (nSPS) is 10.8. The predicted molar refractivity (Wildman–Crippen MR) is 84.0 cm³/mol. The number of benzene rings is 2. The van der Waals surface area contributed by atoms with Gasteiger partial charge in [0.15, 0.2) is 5.75 Å². The molecule has 0 aliphatic rings. The van der Waals surface area contributed by atoms with Crippen LogP contribution >= 0.6 is 23.2 Å². The van der Waals surface area contributed by atoms with Crippen molar-refractivity contribution in [1.29, 1.82) is 0 Å². The van der Waals surface area contributed by atoms with Gasteiger partial charge in [0.1, 0.15) is 0 Å². The molecule has 0 spiro atoms. The molecule has 2 aromatic carbocycles. The Hall–Kier alpha value is -2.04. The van der Waals surface area contributed by atoms with Crippen LogP contribution in [0.3, 0.4) is 0 Å². The molecule has 2 aromatic rings. The number of carbonyl (C=O) groups excluding carboxylic acids is 1. The van der Waals surface area contributed by atoms with E-state index in [9.17, 15) is 9.90 Å². The van der Waals surface area contributed by atoms with Crippen molar-refractivity contribution in [2.24, 2.45) is 5.10 Å². The molecule has 1 amide bonds. The Kier molecular flexibility index (Phi) is 5.20. The van der Waals surface area contributed by atoms with Crippen molar-refractivity contribution >= 4 is 35.3 Å². The molecule has 0 aromatic heterocycles. The monoisotopic (exact) mass is 322 g/mol. The molecule has 0 fully saturated rings. The molecule has 0 aliphatic carbocycles. The Morgan fingerprint density at radius 3 is 2.43 bits per heavy atom. The molecule has 2 rings (SSSR count). The number of halogens is 2. The minimum Gasteiger partial charge on any atom is -0.505 e. The highest BCUT2D eigenvalue weighted by atomic mass is 35.5. The minimum absolute atomic E-state index is 0.125. The van der Waals surface area contributed by atoms with Gasteiger partial charge in [0.05, 0.1) is 22.7 Å². The highest BCUT2D eigenvalue weighted by Gasteiger charge is 2.05. The summed E-state index contributed by atoms with van der Waals surface area (Å²) >= 11 is 11.6. The number of phenolic OH excluding ortho intramolecular Hbond substituents is 1. The zero-order chi connectivity index (χ0) is 15.2. The molecule has 0 unspecified atom stereocenters. The van der Waals surface area contributed by atoms with E-state index < -0.39 is 0 Å². The van der Waals surface area contributed by atoms with Crippen LogP contribution in [0.2, 0.25) is 10.0 Å². The van der Waals surface area contributed by atoms with Gasteiger partial charge in [-0.25, -0.2) is 5.43 Å². The molecule has 108 valence electrons. The van der Waals surface area contributed by atoms with Gasteiger partial charge < -0.3 is 5.11 Å². The zero-order valence-corrected chi connectivity index (χ0v) is 12.4. The van der Waals surface area contributed by atoms with Crippen molar-refractivity contribution in [3.63, 3.8) is 0 Å². The van der Waals surface area contributed by atoms with Gasteiger partial charge in [0.25, 0.3) is 0 Å². The molecule has 0 radical (unpaired) electrons. The van der Waals surface area contributed by atoms with E-state index in [2.05, 4.69) is 10.5 Å². The summed E-state index contributed by atoms with van der Waals surface area (Å²) in [5.74, 6) is -0.406. The molecular formula is C15H12Cl2N2O2. The first-order chi connectivity index (χ1) is 10.1. The zero-order valence-electron chi connectivity index (χ0n) is 10.9. The quantitative estimate of drug-likeness (QED) is 0.669. The largest absolute Gasteiger partial charge is 0.505 e. The molecule has 0 saturated heterocycles. The van der Waals surface area contributed by atoms with Crippen LogP contribution in [0.15, 0.2) is 47.6 Å². The minimum atomic E-state index is -0.228. The highest BCUT2D eigenvalue weighted by Crippen LogP contribution is 2.32. The molecule has 0 saturated carbocycles. The van der Waals surface area contributed by atoms with Gasteiger partial charge in [0.2, 0.25) is 5.91 Å². The van der Waals surface area contributed by atoms with E-state index in [1.54, 1.807) is 0 Å². The second-order valence-corrected chi connectivity index (χ2v) is 5.10. The van der Waals surface area contributed by atoms with Crippen LogP contribution in [0.1, 0.15) is 11.1 Å². The number of hydrogen-bond acceptors (Lipinski definition) is 3. The van der Waals surface area contributed by atoms with Crippen LogP contribution in [0.25, 0.3) is 0 Å². The number of hydrazone groups is 1. The number of hydrogen-bond donors (Lipinski definition) is 2. The topological polar surface area (TPSA) is 61.7 Å². The van der Waals surface area contributed by atoms with E-state index in [4.69, 9.17) is 23.2 Å². The summed E-state index contributed by atoms with van der Waals surface area (Å²) in [5.41, 5.74) is 3.89. The van der Waals surface area contributed by atoms with E-state index in [-0.39, 0.29) is 28.1 Å². The second-order valence-electron chi connectivity index (χ2n) is 4.29. The molecule has 0 bridgehead atoms. The van der Waals surface area contributed by atoms with Gasteiger partial charge in [-0.1, -0.05) is 53.5 Å². The van der Waals surface area contributed by atoms with Gasteiger partial charge in [-0.15, -0.1) is 0 Å². The van der Waals surface area contributed by atoms with Crippen molar-refractivity contribution in [2.75, 3.05) is 0 Å². The number of phenols is 1. The number of rotatable bonds is 4. The van der Waals surface area contributed by atoms with E-state index in [0.29, 0.717) is 5.56 Å². The molecule has 0 aliphatic heterocycles. The smallest absolute Gasteiger partial charge is 0.244 e. The van der Waals surface area contributed by atoms with Gasteiger partial charge in [-0.2, -0.15) is 5.10 Å². The lowest BCUT2D eigenvalue weighted by Gasteiger charge is -2.02. The first-order valence-corrected chi connectivity index (χ1v) is 6.85. The van der Waals surface area contributed by atoms with Crippen LogP contribution in [0.4, 0.5) is 0 Å². The highest BCUT2D eigenvalue weighted by molar-refractivity contribution is 6.37. The van der Waals surface area contributed by atoms with Crippen LogP contribution in [-0.4, -0.2) is 17.2 Å². The number of carbonyl (C=O) groups is 1. The fourth-order valence-electron chi connectivity index (χ4n) is 1.66. The molecule has 21 heavy (non-hydrogen) atoms. The third-order valence-corrected chi connectivity index (χ3v) is 3.23. The second kappa shape index (κ2) is 7.11. The van der Waals surface area contributed by atoms with Crippen molar-refractivity contribution in [3.05, 3.63) is 63.6 Å². The van der Waals surface area contributed by atoms with Gasteiger partial charge in [-0.05, 0) is 23.3 Å². The van der Waals surface area contributed by atoms with Crippen LogP contribution in [-0.2, 0) is 11.2 Å². The van der Waals surface area contributed by atoms with E-state index >= 15 is 0 Å². The lowest BCUT2D eigenvalue weighted by Crippen LogP contribution is -2.19. The summed E-state index contributed by atoms with van der Waals surface area (Å²) in [7, 11) is 0. The van der Waals surface area contributed by atoms with Gasteiger partial charge >= 0.3 is 0 Å². The predicted octanol–water partition coefficient (Wildman–Crippen LogP) is 3.39. The van der Waals surface area contributed by atoms with Crippen molar-refractivity contribution in [2.45, 2.75) is 6.42 Å². The fraction of sp³-hybridized carbons (Fsp3) is 0.0667. The Morgan fingerprint density at radius 1 is 1.19 bits per heavy atom. The summed E-state index contributed by atoms with van der Waals surface area (Å²) in [6.07, 6.45) is 1.65. The number of amides is 1. The average molecular weight is 323 g/mol. The molecule has 0 atom stereocenters. The summed E-state index contributed by atoms with van der Waals surface area (Å²) in [5, 5.41) is 13.5. The molecule has 0 heterocycles. The van der Waals surface area contributed by atoms with E-state index in [1.165, 1.54) is 18.3 Å². The van der Waals surface area contributed by atoms with Crippen LogP contribution in [0.5, 0.6) is 5.75 Å². The molecular weight excluding hydrogens is 311 g/mol. The maximum Gasteiger partial charge on any atom is 0.244 e. The Bertz CT molecular complexity index is 650. The van der Waals surface area contributed by atoms with Gasteiger partial charge in [-0.3, -0.25) is 4.79 Å². The third-order valence-electron chi connectivity index (χ3n) is 2.65. The maximum absolute atomic E-state index is 11.7. The summed E-state index contributed by atoms with van der Waals surface area (Å²) in [6, 6.07) is 12.3. The number of nitrogens with zero attached hydrogens (tertiary/aromatic N) is 1. The fourth-order valence-corrected chi connectivity index (χ4v) is 2.16. The molecule has 4 nitrogen and oxygen atoms in total. The number of aromatic hydroxyl groups is 1. The maximum atomic E-state index is 11.7. The lowest BCUT2D eigenvalue weighted by atomic mass is 10.1. The SMILES string of the molecule is O=C(Cc1ccccc1)N/N=C\c1cc(Cl)c(O)c(Cl)c1. The van der Waals surface area contributed by atoms with E-state index in [1.807, 2.05) is 30.3 Å². The molecule has 2 N–H and O–H groups in total. The Balaban J connectivity index is 1.95. The lowest BCUT2D eigenvalue weighted by molar-refractivity contribution is -0.120. The third kappa shape index (κ3) is 4.48. The number of nitrogens with one attached hydrogen (secondary N) is 1. The summed E-state index contributed by atoms with van der Waals surface area (Å²) in [4.78, 5) is 11.7.